The summed E-state index contributed by atoms with van der Waals surface area (Å²) in [6.45, 7) is 0. The molecule has 2 aromatic rings. The molecule has 0 saturated carbocycles. The first-order valence-electron chi connectivity index (χ1n) is 5.56. The number of amides is 2. The third kappa shape index (κ3) is 3.79. The van der Waals surface area contributed by atoms with E-state index in [9.17, 15) is 9.59 Å². The lowest BCUT2D eigenvalue weighted by Crippen LogP contribution is -2.19. The second kappa shape index (κ2) is 6.16. The number of hydrogen-bond donors (Lipinski definition) is 3. The van der Waals surface area contributed by atoms with Crippen molar-refractivity contribution in [3.63, 3.8) is 0 Å². The van der Waals surface area contributed by atoms with Gasteiger partial charge in [0, 0.05) is 16.4 Å². The van der Waals surface area contributed by atoms with Crippen molar-refractivity contribution in [3.8, 4) is 0 Å². The standard InChI is InChI=1S/C13H10BrN3O3/c14-9-1-3-10(4-2-9)16-13(20)17-11-5-8(12(18)19)6-15-7-11/h1-7H,(H,18,19)(H2,16,17,20). The number of hydrogen-bond acceptors (Lipinski definition) is 3. The third-order valence-corrected chi connectivity index (χ3v) is 2.87. The highest BCUT2D eigenvalue weighted by molar-refractivity contribution is 9.10. The Morgan fingerprint density at radius 3 is 2.35 bits per heavy atom. The molecule has 3 N–H and O–H groups in total. The second-order valence-electron chi connectivity index (χ2n) is 3.85. The molecule has 0 aliphatic carbocycles. The summed E-state index contributed by atoms with van der Waals surface area (Å²) in [5, 5.41) is 14.0. The highest BCUT2D eigenvalue weighted by Gasteiger charge is 2.07. The number of pyridine rings is 1. The molecule has 102 valence electrons. The van der Waals surface area contributed by atoms with Gasteiger partial charge in [0.2, 0.25) is 0 Å². The SMILES string of the molecule is O=C(Nc1ccc(Br)cc1)Nc1cncc(C(=O)O)c1. The van der Waals surface area contributed by atoms with E-state index in [2.05, 4.69) is 31.5 Å². The fourth-order valence-corrected chi connectivity index (χ4v) is 1.72. The number of benzene rings is 1. The van der Waals surface area contributed by atoms with Gasteiger partial charge in [0.05, 0.1) is 17.4 Å². The minimum absolute atomic E-state index is 0.00596. The number of halogens is 1. The Bertz CT molecular complexity index is 644. The van der Waals surface area contributed by atoms with Gasteiger partial charge in [-0.2, -0.15) is 0 Å². The lowest BCUT2D eigenvalue weighted by atomic mass is 10.2. The number of nitrogens with zero attached hydrogens (tertiary/aromatic N) is 1. The molecule has 2 amide bonds. The number of carboxylic acids is 1. The smallest absolute Gasteiger partial charge is 0.337 e. The van der Waals surface area contributed by atoms with E-state index in [-0.39, 0.29) is 5.56 Å². The van der Waals surface area contributed by atoms with Gasteiger partial charge in [-0.3, -0.25) is 4.98 Å². The van der Waals surface area contributed by atoms with Crippen molar-refractivity contribution in [2.75, 3.05) is 10.6 Å². The monoisotopic (exact) mass is 335 g/mol. The molecule has 0 atom stereocenters. The van der Waals surface area contributed by atoms with Crippen molar-refractivity contribution < 1.29 is 14.7 Å². The van der Waals surface area contributed by atoms with Crippen LogP contribution in [0.25, 0.3) is 0 Å². The Kier molecular flexibility index (Phi) is 4.31. The molecule has 0 bridgehead atoms. The van der Waals surface area contributed by atoms with Crippen LogP contribution in [-0.4, -0.2) is 22.1 Å². The predicted octanol–water partition coefficient (Wildman–Crippen LogP) is 3.19. The van der Waals surface area contributed by atoms with E-state index in [4.69, 9.17) is 5.11 Å². The number of anilines is 2. The Morgan fingerprint density at radius 2 is 1.70 bits per heavy atom. The molecule has 0 aliphatic rings. The van der Waals surface area contributed by atoms with Crippen LogP contribution in [0.4, 0.5) is 16.2 Å². The number of rotatable bonds is 3. The van der Waals surface area contributed by atoms with Crippen molar-refractivity contribution in [1.82, 2.24) is 4.98 Å². The largest absolute Gasteiger partial charge is 0.478 e. The zero-order chi connectivity index (χ0) is 14.5. The fourth-order valence-electron chi connectivity index (χ4n) is 1.45. The van der Waals surface area contributed by atoms with Gasteiger partial charge in [0.15, 0.2) is 0 Å². The summed E-state index contributed by atoms with van der Waals surface area (Å²) < 4.78 is 0.904. The maximum absolute atomic E-state index is 11.7. The number of carboxylic acid groups (broad SMARTS) is 1. The summed E-state index contributed by atoms with van der Waals surface area (Å²) in [4.78, 5) is 26.3. The molecule has 2 rings (SSSR count). The van der Waals surface area contributed by atoms with E-state index in [1.54, 1.807) is 24.3 Å². The second-order valence-corrected chi connectivity index (χ2v) is 4.77. The van der Waals surface area contributed by atoms with Gasteiger partial charge >= 0.3 is 12.0 Å². The van der Waals surface area contributed by atoms with E-state index < -0.39 is 12.0 Å². The van der Waals surface area contributed by atoms with Gasteiger partial charge in [-0.15, -0.1) is 0 Å². The number of carbonyl (C=O) groups is 2. The van der Waals surface area contributed by atoms with Crippen LogP contribution >= 0.6 is 15.9 Å². The van der Waals surface area contributed by atoms with Gasteiger partial charge in [0.25, 0.3) is 0 Å². The molecule has 20 heavy (non-hydrogen) atoms. The molecule has 1 aromatic carbocycles. The van der Waals surface area contributed by atoms with Gasteiger partial charge in [-0.1, -0.05) is 15.9 Å². The maximum Gasteiger partial charge on any atom is 0.337 e. The summed E-state index contributed by atoms with van der Waals surface area (Å²) in [5.74, 6) is -1.10. The number of nitrogens with one attached hydrogen (secondary N) is 2. The van der Waals surface area contributed by atoms with Crippen molar-refractivity contribution in [1.29, 1.82) is 0 Å². The van der Waals surface area contributed by atoms with Crippen LogP contribution in [0.15, 0.2) is 47.2 Å². The van der Waals surface area contributed by atoms with E-state index in [0.717, 1.165) is 4.47 Å². The highest BCUT2D eigenvalue weighted by atomic mass is 79.9. The van der Waals surface area contributed by atoms with Crippen LogP contribution in [0.2, 0.25) is 0 Å². The van der Waals surface area contributed by atoms with Crippen LogP contribution in [0, 0.1) is 0 Å². The first-order valence-corrected chi connectivity index (χ1v) is 6.36. The van der Waals surface area contributed by atoms with Gasteiger partial charge in [-0.05, 0) is 30.3 Å². The maximum atomic E-state index is 11.7. The average molecular weight is 336 g/mol. The van der Waals surface area contributed by atoms with E-state index >= 15 is 0 Å². The first-order chi connectivity index (χ1) is 9.54. The van der Waals surface area contributed by atoms with Gasteiger partial charge < -0.3 is 15.7 Å². The molecular formula is C13H10BrN3O3. The van der Waals surface area contributed by atoms with E-state index in [0.29, 0.717) is 11.4 Å². The lowest BCUT2D eigenvalue weighted by Gasteiger charge is -2.07. The Hall–Kier alpha value is -2.41. The van der Waals surface area contributed by atoms with Crippen molar-refractivity contribution in [3.05, 3.63) is 52.8 Å². The summed E-state index contributed by atoms with van der Waals surface area (Å²) in [6, 6.07) is 7.91. The Balaban J connectivity index is 2.02. The zero-order valence-corrected chi connectivity index (χ0v) is 11.7. The molecule has 0 radical (unpaired) electrons. The highest BCUT2D eigenvalue weighted by Crippen LogP contribution is 2.15. The molecule has 0 fully saturated rings. The molecule has 1 heterocycles. The topological polar surface area (TPSA) is 91.3 Å². The number of urea groups is 1. The molecule has 6 nitrogen and oxygen atoms in total. The molecular weight excluding hydrogens is 326 g/mol. The van der Waals surface area contributed by atoms with E-state index in [1.807, 2.05) is 0 Å². The van der Waals surface area contributed by atoms with Crippen LogP contribution in [0.1, 0.15) is 10.4 Å². The van der Waals surface area contributed by atoms with Gasteiger partial charge in [0.1, 0.15) is 0 Å². The predicted molar refractivity (Wildman–Crippen MR) is 78.0 cm³/mol. The Morgan fingerprint density at radius 1 is 1.05 bits per heavy atom. The summed E-state index contributed by atoms with van der Waals surface area (Å²) in [5.41, 5.74) is 0.930. The summed E-state index contributed by atoms with van der Waals surface area (Å²) in [7, 11) is 0. The number of aromatic carboxylic acids is 1. The summed E-state index contributed by atoms with van der Waals surface area (Å²) in [6.07, 6.45) is 2.58. The zero-order valence-electron chi connectivity index (χ0n) is 10.1. The normalized spacial score (nSPS) is 9.85. The van der Waals surface area contributed by atoms with Crippen LogP contribution in [-0.2, 0) is 0 Å². The van der Waals surface area contributed by atoms with Crippen LogP contribution < -0.4 is 10.6 Å². The lowest BCUT2D eigenvalue weighted by molar-refractivity contribution is 0.0696. The Labute approximate surface area is 123 Å². The van der Waals surface area contributed by atoms with Crippen LogP contribution in [0.3, 0.4) is 0 Å². The van der Waals surface area contributed by atoms with Gasteiger partial charge in [-0.25, -0.2) is 9.59 Å². The summed E-state index contributed by atoms with van der Waals surface area (Å²) >= 11 is 3.29. The van der Waals surface area contributed by atoms with Crippen LogP contribution in [0.5, 0.6) is 0 Å². The molecule has 0 unspecified atom stereocenters. The molecule has 0 saturated heterocycles. The molecule has 1 aromatic heterocycles. The third-order valence-electron chi connectivity index (χ3n) is 2.35. The van der Waals surface area contributed by atoms with E-state index in [1.165, 1.54) is 18.5 Å². The fraction of sp³-hybridized carbons (Fsp3) is 0. The molecule has 0 aliphatic heterocycles. The number of carbonyl (C=O) groups excluding carboxylic acids is 1. The molecule has 7 heteroatoms. The molecule has 0 spiro atoms. The van der Waals surface area contributed by atoms with Crippen molar-refractivity contribution >= 4 is 39.3 Å². The van der Waals surface area contributed by atoms with Crippen molar-refractivity contribution in [2.45, 2.75) is 0 Å². The average Bonchev–Trinajstić information content (AvgIpc) is 2.41. The minimum Gasteiger partial charge on any atom is -0.478 e. The minimum atomic E-state index is -1.10. The quantitative estimate of drug-likeness (QED) is 0.803. The van der Waals surface area contributed by atoms with Crippen molar-refractivity contribution in [2.24, 2.45) is 0 Å². The first kappa shape index (κ1) is 14.0. The number of aromatic nitrogens is 1.